The van der Waals surface area contributed by atoms with E-state index in [-0.39, 0.29) is 24.4 Å². The third-order valence-electron chi connectivity index (χ3n) is 3.41. The molecule has 1 atom stereocenters. The van der Waals surface area contributed by atoms with Crippen molar-refractivity contribution >= 4 is 18.3 Å². The van der Waals surface area contributed by atoms with E-state index in [9.17, 15) is 4.79 Å². The fraction of sp³-hybridized carbons (Fsp3) is 0.571. The summed E-state index contributed by atoms with van der Waals surface area (Å²) in [5.41, 5.74) is 1.04. The second-order valence-corrected chi connectivity index (χ2v) is 4.83. The molecule has 2 rings (SSSR count). The molecule has 5 heteroatoms. The van der Waals surface area contributed by atoms with Crippen molar-refractivity contribution in [3.05, 3.63) is 30.1 Å². The van der Waals surface area contributed by atoms with E-state index in [1.807, 2.05) is 30.1 Å². The number of carbonyl (C=O) groups excluding carboxylic acids is 1. The molecule has 1 aromatic heterocycles. The molecule has 0 radical (unpaired) electrons. The summed E-state index contributed by atoms with van der Waals surface area (Å²) in [6, 6.07) is 5.90. The zero-order chi connectivity index (χ0) is 12.8. The largest absolute Gasteiger partial charge is 0.344 e. The maximum atomic E-state index is 12.2. The molecule has 1 N–H and O–H groups in total. The van der Waals surface area contributed by atoms with Gasteiger partial charge in [0.05, 0.1) is 6.04 Å². The van der Waals surface area contributed by atoms with Gasteiger partial charge in [0.25, 0.3) is 0 Å². The molecule has 1 aromatic rings. The van der Waals surface area contributed by atoms with Crippen LogP contribution in [0.15, 0.2) is 24.4 Å². The fourth-order valence-electron chi connectivity index (χ4n) is 2.27. The number of hydrogen-bond donors (Lipinski definition) is 1. The number of piperidine rings is 1. The molecule has 1 unspecified atom stereocenters. The first-order valence-corrected chi connectivity index (χ1v) is 6.65. The molecule has 1 fully saturated rings. The van der Waals surface area contributed by atoms with Crippen LogP contribution in [0.5, 0.6) is 0 Å². The summed E-state index contributed by atoms with van der Waals surface area (Å²) in [6.45, 7) is 1.69. The van der Waals surface area contributed by atoms with E-state index in [1.165, 1.54) is 6.42 Å². The summed E-state index contributed by atoms with van der Waals surface area (Å²) in [6.07, 6.45) is 5.90. The molecule has 2 heterocycles. The Morgan fingerprint density at radius 3 is 2.95 bits per heavy atom. The van der Waals surface area contributed by atoms with Crippen LogP contribution in [-0.4, -0.2) is 42.0 Å². The number of hydrogen-bond acceptors (Lipinski definition) is 3. The smallest absolute Gasteiger partial charge is 0.239 e. The van der Waals surface area contributed by atoms with Crippen LogP contribution in [0.2, 0.25) is 0 Å². The number of aromatic nitrogens is 1. The number of amides is 1. The Bertz CT molecular complexity index is 380. The lowest BCUT2D eigenvalue weighted by atomic mass is 10.0. The Hall–Kier alpha value is -1.13. The van der Waals surface area contributed by atoms with E-state index in [1.54, 1.807) is 6.20 Å². The molecule has 0 aliphatic carbocycles. The average Bonchev–Trinajstić information content (AvgIpc) is 2.46. The van der Waals surface area contributed by atoms with Crippen LogP contribution in [0.4, 0.5) is 0 Å². The highest BCUT2D eigenvalue weighted by atomic mass is 35.5. The lowest BCUT2D eigenvalue weighted by Gasteiger charge is -2.27. The maximum absolute atomic E-state index is 12.2. The highest BCUT2D eigenvalue weighted by molar-refractivity contribution is 5.85. The molecule has 1 amide bonds. The van der Waals surface area contributed by atoms with Crippen LogP contribution < -0.4 is 5.32 Å². The number of nitrogens with zero attached hydrogens (tertiary/aromatic N) is 2. The third-order valence-corrected chi connectivity index (χ3v) is 3.41. The van der Waals surface area contributed by atoms with Crippen molar-refractivity contribution in [2.45, 2.75) is 31.7 Å². The Labute approximate surface area is 121 Å². The molecule has 0 spiro atoms. The highest BCUT2D eigenvalue weighted by Crippen LogP contribution is 2.09. The fourth-order valence-corrected chi connectivity index (χ4v) is 2.27. The van der Waals surface area contributed by atoms with Gasteiger partial charge in [-0.25, -0.2) is 0 Å². The van der Waals surface area contributed by atoms with Crippen molar-refractivity contribution in [3.63, 3.8) is 0 Å². The first-order chi connectivity index (χ1) is 8.77. The average molecular weight is 284 g/mol. The van der Waals surface area contributed by atoms with Gasteiger partial charge >= 0.3 is 0 Å². The minimum Gasteiger partial charge on any atom is -0.344 e. The predicted molar refractivity (Wildman–Crippen MR) is 78.5 cm³/mol. The molecular weight excluding hydrogens is 262 g/mol. The highest BCUT2D eigenvalue weighted by Gasteiger charge is 2.23. The molecule has 0 saturated carbocycles. The molecule has 0 aromatic carbocycles. The second-order valence-electron chi connectivity index (χ2n) is 4.83. The van der Waals surface area contributed by atoms with Gasteiger partial charge in [-0.2, -0.15) is 0 Å². The molecule has 0 bridgehead atoms. The van der Waals surface area contributed by atoms with Crippen LogP contribution in [0.3, 0.4) is 0 Å². The van der Waals surface area contributed by atoms with Crippen LogP contribution in [0, 0.1) is 0 Å². The number of nitrogens with one attached hydrogen (secondary N) is 1. The second kappa shape index (κ2) is 8.12. The van der Waals surface area contributed by atoms with Gasteiger partial charge in [0.1, 0.15) is 0 Å². The molecule has 1 aliphatic heterocycles. The topological polar surface area (TPSA) is 45.2 Å². The summed E-state index contributed by atoms with van der Waals surface area (Å²) in [5.74, 6) is 0.214. The van der Waals surface area contributed by atoms with E-state index in [0.29, 0.717) is 0 Å². The van der Waals surface area contributed by atoms with E-state index in [2.05, 4.69) is 10.3 Å². The first kappa shape index (κ1) is 15.9. The number of carbonyl (C=O) groups is 1. The standard InChI is InChI=1S/C14H21N3O.ClH/c1-17(11-8-12-6-2-4-9-15-12)14(18)13-7-3-5-10-16-13;/h2,4,6,9,13,16H,3,5,7-8,10-11H2,1H3;1H. The monoisotopic (exact) mass is 283 g/mol. The van der Waals surface area contributed by atoms with Crippen LogP contribution in [-0.2, 0) is 11.2 Å². The van der Waals surface area contributed by atoms with Crippen molar-refractivity contribution in [2.75, 3.05) is 20.1 Å². The summed E-state index contributed by atoms with van der Waals surface area (Å²) >= 11 is 0. The van der Waals surface area contributed by atoms with Gasteiger partial charge < -0.3 is 10.2 Å². The van der Waals surface area contributed by atoms with Crippen molar-refractivity contribution in [1.29, 1.82) is 0 Å². The molecule has 19 heavy (non-hydrogen) atoms. The molecular formula is C14H22ClN3O. The minimum atomic E-state index is 0. The Balaban J connectivity index is 0.00000180. The van der Waals surface area contributed by atoms with E-state index in [4.69, 9.17) is 0 Å². The van der Waals surface area contributed by atoms with Crippen molar-refractivity contribution in [3.8, 4) is 0 Å². The molecule has 1 saturated heterocycles. The number of likely N-dealkylation sites (N-methyl/N-ethyl adjacent to an activating group) is 1. The van der Waals surface area contributed by atoms with Crippen molar-refractivity contribution < 1.29 is 4.79 Å². The lowest BCUT2D eigenvalue weighted by Crippen LogP contribution is -2.47. The van der Waals surface area contributed by atoms with Crippen LogP contribution >= 0.6 is 12.4 Å². The van der Waals surface area contributed by atoms with Crippen molar-refractivity contribution in [1.82, 2.24) is 15.2 Å². The predicted octanol–water partition coefficient (Wildman–Crippen LogP) is 1.65. The van der Waals surface area contributed by atoms with Gasteiger partial charge in [0.2, 0.25) is 5.91 Å². The third kappa shape index (κ3) is 4.80. The van der Waals surface area contributed by atoms with Crippen LogP contribution in [0.1, 0.15) is 25.0 Å². The first-order valence-electron chi connectivity index (χ1n) is 6.65. The van der Waals surface area contributed by atoms with Gasteiger partial charge in [-0.15, -0.1) is 12.4 Å². The zero-order valence-corrected chi connectivity index (χ0v) is 12.2. The minimum absolute atomic E-state index is 0. The number of pyridine rings is 1. The Morgan fingerprint density at radius 1 is 1.47 bits per heavy atom. The van der Waals surface area contributed by atoms with Crippen LogP contribution in [0.25, 0.3) is 0 Å². The molecule has 106 valence electrons. The number of halogens is 1. The quantitative estimate of drug-likeness (QED) is 0.914. The SMILES string of the molecule is CN(CCc1ccccn1)C(=O)C1CCCCN1.Cl. The maximum Gasteiger partial charge on any atom is 0.239 e. The zero-order valence-electron chi connectivity index (χ0n) is 11.3. The van der Waals surface area contributed by atoms with E-state index in [0.717, 1.165) is 38.0 Å². The van der Waals surface area contributed by atoms with Gasteiger partial charge in [0, 0.05) is 31.9 Å². The summed E-state index contributed by atoms with van der Waals surface area (Å²) in [7, 11) is 1.88. The summed E-state index contributed by atoms with van der Waals surface area (Å²) < 4.78 is 0. The van der Waals surface area contributed by atoms with Crippen molar-refractivity contribution in [2.24, 2.45) is 0 Å². The Kier molecular flexibility index (Phi) is 6.81. The van der Waals surface area contributed by atoms with E-state index < -0.39 is 0 Å². The van der Waals surface area contributed by atoms with Gasteiger partial charge in [-0.3, -0.25) is 9.78 Å². The number of rotatable bonds is 4. The van der Waals surface area contributed by atoms with Gasteiger partial charge in [0.15, 0.2) is 0 Å². The summed E-state index contributed by atoms with van der Waals surface area (Å²) in [4.78, 5) is 18.2. The molecule has 1 aliphatic rings. The normalized spacial score (nSPS) is 18.5. The van der Waals surface area contributed by atoms with Gasteiger partial charge in [-0.1, -0.05) is 12.5 Å². The molecule has 4 nitrogen and oxygen atoms in total. The lowest BCUT2D eigenvalue weighted by molar-refractivity contribution is -0.132. The summed E-state index contributed by atoms with van der Waals surface area (Å²) in [5, 5.41) is 3.29. The van der Waals surface area contributed by atoms with Gasteiger partial charge in [-0.05, 0) is 31.5 Å². The van der Waals surface area contributed by atoms with E-state index >= 15 is 0 Å². The Morgan fingerprint density at radius 2 is 2.32 bits per heavy atom.